The molecule has 0 unspecified atom stereocenters. The summed E-state index contributed by atoms with van der Waals surface area (Å²) >= 11 is 0. The second-order valence-electron chi connectivity index (χ2n) is 7.59. The van der Waals surface area contributed by atoms with Crippen molar-refractivity contribution < 1.29 is 9.47 Å². The third-order valence-electron chi connectivity index (χ3n) is 5.05. The average molecular weight is 449 g/mol. The lowest BCUT2D eigenvalue weighted by Crippen LogP contribution is -2.37. The molecule has 4 rings (SSSR count). The lowest BCUT2D eigenvalue weighted by atomic mass is 10.2. The molecular formula is C23H28N8O2. The van der Waals surface area contributed by atoms with Gasteiger partial charge >= 0.3 is 0 Å². The van der Waals surface area contributed by atoms with Crippen molar-refractivity contribution in [1.29, 1.82) is 0 Å². The van der Waals surface area contributed by atoms with Crippen LogP contribution in [0.2, 0.25) is 0 Å². The largest absolute Gasteiger partial charge is 0.497 e. The summed E-state index contributed by atoms with van der Waals surface area (Å²) in [6.45, 7) is 2.70. The lowest BCUT2D eigenvalue weighted by molar-refractivity contribution is 0.122. The number of benzene rings is 2. The zero-order chi connectivity index (χ0) is 23.0. The first-order valence-corrected chi connectivity index (χ1v) is 10.7. The van der Waals surface area contributed by atoms with Crippen molar-refractivity contribution in [3.63, 3.8) is 0 Å². The number of aromatic nitrogens is 3. The average Bonchev–Trinajstić information content (AvgIpc) is 2.85. The molecule has 0 amide bonds. The Bertz CT molecular complexity index is 1060. The van der Waals surface area contributed by atoms with Crippen LogP contribution >= 0.6 is 0 Å². The zero-order valence-electron chi connectivity index (χ0n) is 19.0. The van der Waals surface area contributed by atoms with Crippen molar-refractivity contribution in [2.45, 2.75) is 0 Å². The summed E-state index contributed by atoms with van der Waals surface area (Å²) in [4.78, 5) is 17.7. The summed E-state index contributed by atoms with van der Waals surface area (Å²) in [5.41, 5.74) is 5.86. The minimum Gasteiger partial charge on any atom is -0.497 e. The van der Waals surface area contributed by atoms with Crippen molar-refractivity contribution in [3.05, 3.63) is 54.1 Å². The molecule has 0 saturated carbocycles. The van der Waals surface area contributed by atoms with Crippen LogP contribution in [-0.4, -0.2) is 68.7 Å². The molecule has 0 aliphatic carbocycles. The fraction of sp³-hybridized carbons (Fsp3) is 0.304. The Morgan fingerprint density at radius 3 is 2.33 bits per heavy atom. The van der Waals surface area contributed by atoms with Gasteiger partial charge in [-0.2, -0.15) is 20.1 Å². The molecule has 0 bridgehead atoms. The Kier molecular flexibility index (Phi) is 7.16. The molecule has 1 aliphatic heterocycles. The first kappa shape index (κ1) is 22.3. The molecule has 33 heavy (non-hydrogen) atoms. The molecule has 2 aromatic carbocycles. The number of morpholine rings is 1. The molecule has 0 spiro atoms. The number of rotatable bonds is 8. The van der Waals surface area contributed by atoms with E-state index in [1.165, 1.54) is 0 Å². The van der Waals surface area contributed by atoms with E-state index < -0.39 is 0 Å². The first-order chi connectivity index (χ1) is 16.1. The normalized spacial score (nSPS) is 13.7. The van der Waals surface area contributed by atoms with Crippen LogP contribution < -0.4 is 25.3 Å². The molecule has 172 valence electrons. The summed E-state index contributed by atoms with van der Waals surface area (Å²) < 4.78 is 10.7. The number of hydrogen-bond acceptors (Lipinski definition) is 10. The van der Waals surface area contributed by atoms with Crippen LogP contribution in [0, 0.1) is 0 Å². The fourth-order valence-corrected chi connectivity index (χ4v) is 3.20. The molecule has 10 nitrogen and oxygen atoms in total. The quantitative estimate of drug-likeness (QED) is 0.398. The Labute approximate surface area is 193 Å². The summed E-state index contributed by atoms with van der Waals surface area (Å²) in [6.07, 6.45) is 1.73. The van der Waals surface area contributed by atoms with Crippen LogP contribution in [0.5, 0.6) is 5.75 Å². The summed E-state index contributed by atoms with van der Waals surface area (Å²) in [6, 6.07) is 15.6. The van der Waals surface area contributed by atoms with Crippen LogP contribution in [0.4, 0.5) is 29.2 Å². The molecule has 10 heteroatoms. The summed E-state index contributed by atoms with van der Waals surface area (Å²) in [7, 11) is 5.65. The predicted molar refractivity (Wildman–Crippen MR) is 131 cm³/mol. The van der Waals surface area contributed by atoms with Gasteiger partial charge in [0.25, 0.3) is 0 Å². The van der Waals surface area contributed by atoms with E-state index >= 15 is 0 Å². The van der Waals surface area contributed by atoms with Crippen molar-refractivity contribution in [1.82, 2.24) is 15.0 Å². The number of nitrogens with one attached hydrogen (secondary N) is 2. The maximum atomic E-state index is 5.45. The van der Waals surface area contributed by atoms with Crippen molar-refractivity contribution in [2.24, 2.45) is 5.10 Å². The number of hydrogen-bond donors (Lipinski definition) is 2. The highest BCUT2D eigenvalue weighted by Gasteiger charge is 2.16. The molecule has 1 aliphatic rings. The van der Waals surface area contributed by atoms with E-state index in [1.54, 1.807) is 13.3 Å². The monoisotopic (exact) mass is 448 g/mol. The molecule has 2 heterocycles. The first-order valence-electron chi connectivity index (χ1n) is 10.7. The highest BCUT2D eigenvalue weighted by atomic mass is 16.5. The van der Waals surface area contributed by atoms with Gasteiger partial charge in [-0.1, -0.05) is 12.1 Å². The molecule has 0 atom stereocenters. The van der Waals surface area contributed by atoms with Gasteiger partial charge in [0.2, 0.25) is 17.8 Å². The van der Waals surface area contributed by atoms with Crippen LogP contribution in [0.3, 0.4) is 0 Å². The van der Waals surface area contributed by atoms with Gasteiger partial charge in [-0.15, -0.1) is 0 Å². The van der Waals surface area contributed by atoms with E-state index in [0.717, 1.165) is 22.7 Å². The Morgan fingerprint density at radius 1 is 0.970 bits per heavy atom. The number of ether oxygens (including phenoxy) is 2. The van der Waals surface area contributed by atoms with Crippen LogP contribution in [0.25, 0.3) is 0 Å². The van der Waals surface area contributed by atoms with Gasteiger partial charge in [0.05, 0.1) is 26.5 Å². The van der Waals surface area contributed by atoms with E-state index in [4.69, 9.17) is 9.47 Å². The molecule has 1 saturated heterocycles. The Balaban J connectivity index is 1.52. The Morgan fingerprint density at radius 2 is 1.67 bits per heavy atom. The molecule has 2 N–H and O–H groups in total. The highest BCUT2D eigenvalue weighted by Crippen LogP contribution is 2.21. The highest BCUT2D eigenvalue weighted by molar-refractivity contribution is 5.80. The van der Waals surface area contributed by atoms with Gasteiger partial charge in [-0.3, -0.25) is 0 Å². The van der Waals surface area contributed by atoms with Crippen molar-refractivity contribution in [3.8, 4) is 5.75 Å². The molecule has 3 aromatic rings. The van der Waals surface area contributed by atoms with Crippen LogP contribution in [0.1, 0.15) is 5.56 Å². The number of nitrogens with zero attached hydrogens (tertiary/aromatic N) is 6. The summed E-state index contributed by atoms with van der Waals surface area (Å²) in [5.74, 6) is 2.12. The van der Waals surface area contributed by atoms with Gasteiger partial charge in [-0.05, 0) is 42.0 Å². The molecule has 0 radical (unpaired) electrons. The van der Waals surface area contributed by atoms with E-state index in [9.17, 15) is 0 Å². The van der Waals surface area contributed by atoms with Gasteiger partial charge in [0, 0.05) is 38.6 Å². The van der Waals surface area contributed by atoms with Gasteiger partial charge in [0.1, 0.15) is 5.75 Å². The Hall–Kier alpha value is -3.92. The van der Waals surface area contributed by atoms with Crippen molar-refractivity contribution >= 4 is 35.4 Å². The van der Waals surface area contributed by atoms with E-state index in [0.29, 0.717) is 44.1 Å². The number of anilines is 5. The topological polar surface area (TPSA) is 100 Å². The maximum absolute atomic E-state index is 5.45. The minimum atomic E-state index is 0.351. The third-order valence-corrected chi connectivity index (χ3v) is 5.05. The zero-order valence-corrected chi connectivity index (χ0v) is 19.0. The second-order valence-corrected chi connectivity index (χ2v) is 7.59. The minimum absolute atomic E-state index is 0.351. The molecule has 1 aromatic heterocycles. The van der Waals surface area contributed by atoms with E-state index in [-0.39, 0.29) is 0 Å². The SMILES string of the molecule is COc1ccc(Nc2nc(N/N=C/c3ccc(N(C)C)cc3)nc(N3CCOCC3)n2)cc1. The van der Waals surface area contributed by atoms with Gasteiger partial charge in [0.15, 0.2) is 0 Å². The smallest absolute Gasteiger partial charge is 0.250 e. The third kappa shape index (κ3) is 6.07. The van der Waals surface area contributed by atoms with Gasteiger partial charge < -0.3 is 24.6 Å². The lowest BCUT2D eigenvalue weighted by Gasteiger charge is -2.27. The molecular weight excluding hydrogens is 420 g/mol. The van der Waals surface area contributed by atoms with Crippen LogP contribution in [-0.2, 0) is 4.74 Å². The predicted octanol–water partition coefficient (Wildman–Crippen LogP) is 2.97. The van der Waals surface area contributed by atoms with Gasteiger partial charge in [-0.25, -0.2) is 5.43 Å². The second kappa shape index (κ2) is 10.6. The van der Waals surface area contributed by atoms with E-state index in [2.05, 4.69) is 40.6 Å². The fourth-order valence-electron chi connectivity index (χ4n) is 3.20. The van der Waals surface area contributed by atoms with Crippen LogP contribution in [0.15, 0.2) is 53.6 Å². The number of methoxy groups -OCH3 is 1. The number of hydrazone groups is 1. The van der Waals surface area contributed by atoms with E-state index in [1.807, 2.05) is 62.6 Å². The summed E-state index contributed by atoms with van der Waals surface area (Å²) in [5, 5.41) is 7.54. The standard InChI is InChI=1S/C23H28N8O2/c1-30(2)19-8-4-17(5-9-19)16-24-29-22-26-21(25-18-6-10-20(32-3)11-7-18)27-23(28-22)31-12-14-33-15-13-31/h4-11,16H,12-15H2,1-3H3,(H2,25,26,27,28,29)/b24-16+. The van der Waals surface area contributed by atoms with Crippen molar-refractivity contribution in [2.75, 3.05) is 68.1 Å². The maximum Gasteiger partial charge on any atom is 0.250 e. The molecule has 1 fully saturated rings.